The average Bonchev–Trinajstić information content (AvgIpc) is 2.81. The molecule has 0 saturated heterocycles. The fraction of sp³-hybridized carbons (Fsp3) is 0.565. The molecule has 0 bridgehead atoms. The summed E-state index contributed by atoms with van der Waals surface area (Å²) in [5.74, 6) is -0.478. The van der Waals surface area contributed by atoms with Gasteiger partial charge in [-0.25, -0.2) is 5.43 Å². The molecule has 0 unspecified atom stereocenters. The van der Waals surface area contributed by atoms with Gasteiger partial charge in [-0.2, -0.15) is 46.4 Å². The van der Waals surface area contributed by atoms with Crippen molar-refractivity contribution in [2.24, 2.45) is 5.10 Å². The first-order valence-electron chi connectivity index (χ1n) is 11.8. The van der Waals surface area contributed by atoms with Crippen molar-refractivity contribution in [1.29, 1.82) is 0 Å². The first-order chi connectivity index (χ1) is 17.4. The Hall–Kier alpha value is -2.83. The standard InChI is InChI=1S/C23H29ClF6N6O/c1-3-5-7-13-36(14-8-6-4-2)20-32-19(35-31-15-16-9-11-17(24)12-10-16)33-21(34-20)37-18(22(25,26)27)23(28,29)30/h9-12,15,18H,3-8,13-14H2,1-2H3,(H,32,33,34,35). The van der Waals surface area contributed by atoms with Crippen molar-refractivity contribution in [2.75, 3.05) is 23.4 Å². The topological polar surface area (TPSA) is 75.5 Å². The van der Waals surface area contributed by atoms with E-state index in [-0.39, 0.29) is 11.9 Å². The number of anilines is 2. The number of benzene rings is 1. The maximum absolute atomic E-state index is 13.1. The van der Waals surface area contributed by atoms with Gasteiger partial charge in [0.15, 0.2) is 0 Å². The number of halogens is 7. The fourth-order valence-electron chi connectivity index (χ4n) is 3.15. The lowest BCUT2D eigenvalue weighted by molar-refractivity contribution is -0.301. The molecule has 2 aromatic rings. The van der Waals surface area contributed by atoms with Crippen LogP contribution in [0.25, 0.3) is 0 Å². The molecule has 1 N–H and O–H groups in total. The molecule has 0 saturated carbocycles. The molecular weight excluding hydrogens is 526 g/mol. The molecule has 1 heterocycles. The van der Waals surface area contributed by atoms with Gasteiger partial charge in [-0.1, -0.05) is 63.3 Å². The molecule has 14 heteroatoms. The van der Waals surface area contributed by atoms with Crippen molar-refractivity contribution in [3.05, 3.63) is 34.9 Å². The van der Waals surface area contributed by atoms with Crippen molar-refractivity contribution >= 4 is 29.7 Å². The highest BCUT2D eigenvalue weighted by Gasteiger charge is 2.59. The van der Waals surface area contributed by atoms with Crippen LogP contribution in [0.5, 0.6) is 6.01 Å². The first-order valence-corrected chi connectivity index (χ1v) is 12.2. The molecule has 1 aromatic carbocycles. The molecule has 0 fully saturated rings. The summed E-state index contributed by atoms with van der Waals surface area (Å²) < 4.78 is 83.0. The van der Waals surface area contributed by atoms with E-state index >= 15 is 0 Å². The molecule has 0 atom stereocenters. The summed E-state index contributed by atoms with van der Waals surface area (Å²) in [4.78, 5) is 13.3. The number of alkyl halides is 6. The number of nitrogens with one attached hydrogen (secondary N) is 1. The fourth-order valence-corrected chi connectivity index (χ4v) is 3.27. The largest absolute Gasteiger partial charge is 0.440 e. The van der Waals surface area contributed by atoms with Crippen molar-refractivity contribution in [3.63, 3.8) is 0 Å². The summed E-state index contributed by atoms with van der Waals surface area (Å²) in [5, 5.41) is 4.43. The molecule has 0 spiro atoms. The molecule has 2 rings (SSSR count). The number of ether oxygens (including phenoxy) is 1. The van der Waals surface area contributed by atoms with E-state index in [0.29, 0.717) is 23.7 Å². The second kappa shape index (κ2) is 14.2. The third-order valence-electron chi connectivity index (χ3n) is 5.02. The molecule has 0 radical (unpaired) electrons. The molecule has 37 heavy (non-hydrogen) atoms. The van der Waals surface area contributed by atoms with Crippen LogP contribution in [0.3, 0.4) is 0 Å². The highest BCUT2D eigenvalue weighted by atomic mass is 35.5. The maximum Gasteiger partial charge on any atom is 0.434 e. The SMILES string of the molecule is CCCCCN(CCCCC)c1nc(NN=Cc2ccc(Cl)cc2)nc(OC(C(F)(F)F)C(F)(F)F)n1. The number of aromatic nitrogens is 3. The Kier molecular flexibility index (Phi) is 11.7. The lowest BCUT2D eigenvalue weighted by Gasteiger charge is -2.25. The van der Waals surface area contributed by atoms with Crippen molar-refractivity contribution in [2.45, 2.75) is 70.8 Å². The predicted octanol–water partition coefficient (Wildman–Crippen LogP) is 7.03. The predicted molar refractivity (Wildman–Crippen MR) is 130 cm³/mol. The maximum atomic E-state index is 13.1. The Labute approximate surface area is 216 Å². The Morgan fingerprint density at radius 2 is 1.49 bits per heavy atom. The molecule has 0 amide bonds. The van der Waals surface area contributed by atoms with Crippen LogP contribution in [-0.4, -0.2) is 52.7 Å². The Morgan fingerprint density at radius 3 is 2.00 bits per heavy atom. The summed E-state index contributed by atoms with van der Waals surface area (Å²) in [5.41, 5.74) is 3.06. The number of hydrogen-bond acceptors (Lipinski definition) is 7. The van der Waals surface area contributed by atoms with Gasteiger partial charge in [-0.3, -0.25) is 0 Å². The summed E-state index contributed by atoms with van der Waals surface area (Å²) in [7, 11) is 0. The van der Waals surface area contributed by atoms with E-state index in [9.17, 15) is 26.3 Å². The molecule has 1 aromatic heterocycles. The minimum atomic E-state index is -5.73. The van der Waals surface area contributed by atoms with Crippen LogP contribution in [0.2, 0.25) is 5.02 Å². The van der Waals surface area contributed by atoms with Crippen LogP contribution >= 0.6 is 11.6 Å². The van der Waals surface area contributed by atoms with Crippen LogP contribution in [0.15, 0.2) is 29.4 Å². The number of hydrogen-bond donors (Lipinski definition) is 1. The van der Waals surface area contributed by atoms with Gasteiger partial charge in [0.2, 0.25) is 5.95 Å². The second-order valence-electron chi connectivity index (χ2n) is 8.15. The van der Waals surface area contributed by atoms with Crippen LogP contribution < -0.4 is 15.1 Å². The summed E-state index contributed by atoms with van der Waals surface area (Å²) in [6, 6.07) is 5.43. The van der Waals surface area contributed by atoms with E-state index < -0.39 is 24.5 Å². The van der Waals surface area contributed by atoms with E-state index in [1.807, 2.05) is 13.8 Å². The zero-order chi connectivity index (χ0) is 27.5. The molecule has 0 aliphatic rings. The van der Waals surface area contributed by atoms with Gasteiger partial charge in [-0.05, 0) is 30.5 Å². The summed E-state index contributed by atoms with van der Waals surface area (Å²) in [6.45, 7) is 4.92. The Bertz CT molecular complexity index is 963. The third-order valence-corrected chi connectivity index (χ3v) is 5.27. The molecule has 0 aliphatic carbocycles. The zero-order valence-electron chi connectivity index (χ0n) is 20.4. The quantitative estimate of drug-likeness (QED) is 0.117. The second-order valence-corrected chi connectivity index (χ2v) is 8.58. The lowest BCUT2D eigenvalue weighted by atomic mass is 10.2. The lowest BCUT2D eigenvalue weighted by Crippen LogP contribution is -2.47. The minimum Gasteiger partial charge on any atom is -0.440 e. The molecule has 7 nitrogen and oxygen atoms in total. The average molecular weight is 555 g/mol. The highest BCUT2D eigenvalue weighted by molar-refractivity contribution is 6.30. The minimum absolute atomic E-state index is 0.107. The van der Waals surface area contributed by atoms with E-state index in [4.69, 9.17) is 11.6 Å². The van der Waals surface area contributed by atoms with Crippen LogP contribution in [0.4, 0.5) is 38.2 Å². The van der Waals surface area contributed by atoms with E-state index in [2.05, 4.69) is 30.2 Å². The third kappa shape index (κ3) is 10.6. The zero-order valence-corrected chi connectivity index (χ0v) is 21.2. The van der Waals surface area contributed by atoms with E-state index in [1.54, 1.807) is 29.2 Å². The van der Waals surface area contributed by atoms with Gasteiger partial charge in [0, 0.05) is 18.1 Å². The Balaban J connectivity index is 2.41. The number of hydrazone groups is 1. The van der Waals surface area contributed by atoms with Gasteiger partial charge < -0.3 is 9.64 Å². The summed E-state index contributed by atoms with van der Waals surface area (Å²) in [6.07, 6.45) is -9.16. The van der Waals surface area contributed by atoms with Gasteiger partial charge in [0.05, 0.1) is 6.21 Å². The Morgan fingerprint density at radius 1 is 0.919 bits per heavy atom. The number of unbranched alkanes of at least 4 members (excludes halogenated alkanes) is 4. The number of nitrogens with zero attached hydrogens (tertiary/aromatic N) is 5. The molecular formula is C23H29ClF6N6O. The van der Waals surface area contributed by atoms with Gasteiger partial charge in [0.25, 0.3) is 12.1 Å². The first kappa shape index (κ1) is 30.4. The summed E-state index contributed by atoms with van der Waals surface area (Å²) >= 11 is 5.84. The van der Waals surface area contributed by atoms with Crippen LogP contribution in [0.1, 0.15) is 57.9 Å². The highest BCUT2D eigenvalue weighted by Crippen LogP contribution is 2.36. The smallest absolute Gasteiger partial charge is 0.434 e. The van der Waals surface area contributed by atoms with Crippen molar-refractivity contribution < 1.29 is 31.1 Å². The van der Waals surface area contributed by atoms with Crippen molar-refractivity contribution in [1.82, 2.24) is 15.0 Å². The van der Waals surface area contributed by atoms with Gasteiger partial charge in [-0.15, -0.1) is 0 Å². The number of rotatable bonds is 14. The molecule has 206 valence electrons. The van der Waals surface area contributed by atoms with E-state index in [0.717, 1.165) is 38.5 Å². The van der Waals surface area contributed by atoms with Gasteiger partial charge >= 0.3 is 18.4 Å². The molecule has 0 aliphatic heterocycles. The van der Waals surface area contributed by atoms with E-state index in [1.165, 1.54) is 6.21 Å². The van der Waals surface area contributed by atoms with Crippen molar-refractivity contribution in [3.8, 4) is 6.01 Å². The monoisotopic (exact) mass is 554 g/mol. The van der Waals surface area contributed by atoms with Crippen LogP contribution in [-0.2, 0) is 0 Å². The van der Waals surface area contributed by atoms with Crippen LogP contribution in [0, 0.1) is 0 Å². The van der Waals surface area contributed by atoms with Gasteiger partial charge in [0.1, 0.15) is 0 Å². The normalized spacial score (nSPS) is 12.4.